The highest BCUT2D eigenvalue weighted by Gasteiger charge is 2.02. The van der Waals surface area contributed by atoms with Crippen LogP contribution in [0.5, 0.6) is 0 Å². The van der Waals surface area contributed by atoms with Gasteiger partial charge in [0.15, 0.2) is 0 Å². The minimum atomic E-state index is 0.583. The van der Waals surface area contributed by atoms with Gasteiger partial charge in [-0.15, -0.1) is 0 Å². The van der Waals surface area contributed by atoms with E-state index in [0.29, 0.717) is 5.92 Å². The number of imidazole rings is 1. The molecule has 0 aromatic carbocycles. The van der Waals surface area contributed by atoms with E-state index in [2.05, 4.69) is 38.5 Å². The number of allylic oxidation sites excluding steroid dienone is 1. The molecule has 0 fully saturated rings. The molecule has 90 valence electrons. The number of hydrogen-bond donors (Lipinski definition) is 0. The summed E-state index contributed by atoms with van der Waals surface area (Å²) in [5.41, 5.74) is 1.42. The Labute approximate surface area is 99.7 Å². The third-order valence-corrected chi connectivity index (χ3v) is 2.34. The van der Waals surface area contributed by atoms with Crippen LogP contribution in [0.25, 0.3) is 12.3 Å². The molecule has 0 atom stereocenters. The Balaban J connectivity index is 0.00000106. The highest BCUT2D eigenvalue weighted by molar-refractivity contribution is 5.44. The fraction of sp³-hybridized carbons (Fsp3) is 0.500. The molecule has 0 bridgehead atoms. The van der Waals surface area contributed by atoms with Crippen LogP contribution in [0.2, 0.25) is 0 Å². The van der Waals surface area contributed by atoms with E-state index in [1.165, 1.54) is 5.57 Å². The molecule has 1 aromatic heterocycles. The quantitative estimate of drug-likeness (QED) is 0.732. The van der Waals surface area contributed by atoms with E-state index >= 15 is 0 Å². The smallest absolute Gasteiger partial charge is 0.136 e. The zero-order valence-corrected chi connectivity index (χ0v) is 11.2. The molecule has 1 rings (SSSR count). The van der Waals surface area contributed by atoms with Crippen molar-refractivity contribution in [2.45, 2.75) is 41.0 Å². The number of hydrogen-bond acceptors (Lipinski definition) is 1. The summed E-state index contributed by atoms with van der Waals surface area (Å²) < 4.78 is 2.02. The molecular weight excluding hydrogens is 196 g/mol. The molecule has 0 aliphatic rings. The Morgan fingerprint density at radius 2 is 2.12 bits per heavy atom. The molecule has 1 heterocycles. The van der Waals surface area contributed by atoms with Gasteiger partial charge >= 0.3 is 0 Å². The van der Waals surface area contributed by atoms with Crippen molar-refractivity contribution in [2.24, 2.45) is 5.92 Å². The van der Waals surface area contributed by atoms with Gasteiger partial charge in [0.1, 0.15) is 5.82 Å². The summed E-state index contributed by atoms with van der Waals surface area (Å²) >= 11 is 0. The molecule has 1 aromatic rings. The number of rotatable bonds is 4. The third-order valence-electron chi connectivity index (χ3n) is 2.34. The second kappa shape index (κ2) is 7.91. The lowest BCUT2D eigenvalue weighted by atomic mass is 10.0. The van der Waals surface area contributed by atoms with Crippen molar-refractivity contribution < 1.29 is 0 Å². The van der Waals surface area contributed by atoms with Gasteiger partial charge in [-0.3, -0.25) is 0 Å². The van der Waals surface area contributed by atoms with Crippen molar-refractivity contribution >= 4 is 12.3 Å². The summed E-state index contributed by atoms with van der Waals surface area (Å²) in [4.78, 5) is 4.18. The van der Waals surface area contributed by atoms with Gasteiger partial charge in [-0.1, -0.05) is 46.8 Å². The van der Waals surface area contributed by atoms with Crippen LogP contribution in [0.3, 0.4) is 0 Å². The van der Waals surface area contributed by atoms with Crippen molar-refractivity contribution in [1.29, 1.82) is 0 Å². The lowest BCUT2D eigenvalue weighted by Crippen LogP contribution is -1.97. The van der Waals surface area contributed by atoms with Crippen molar-refractivity contribution in [3.05, 3.63) is 30.4 Å². The van der Waals surface area contributed by atoms with Gasteiger partial charge < -0.3 is 4.57 Å². The van der Waals surface area contributed by atoms with Crippen molar-refractivity contribution in [3.63, 3.8) is 0 Å². The van der Waals surface area contributed by atoms with Gasteiger partial charge in [0.2, 0.25) is 0 Å². The molecule has 0 N–H and O–H groups in total. The SMILES string of the molecule is C=Cc1nccn1/C=C(\CC)C(C)C.CC. The van der Waals surface area contributed by atoms with Gasteiger partial charge in [0.05, 0.1) is 0 Å². The third kappa shape index (κ3) is 4.05. The first-order valence-electron chi connectivity index (χ1n) is 6.04. The maximum atomic E-state index is 4.18. The average Bonchev–Trinajstić information content (AvgIpc) is 2.75. The van der Waals surface area contributed by atoms with Gasteiger partial charge in [-0.25, -0.2) is 4.98 Å². The van der Waals surface area contributed by atoms with Crippen LogP contribution < -0.4 is 0 Å². The van der Waals surface area contributed by atoms with Crippen LogP contribution in [-0.2, 0) is 0 Å². The van der Waals surface area contributed by atoms with E-state index in [9.17, 15) is 0 Å². The summed E-state index contributed by atoms with van der Waals surface area (Å²) in [6.07, 6.45) is 8.74. The lowest BCUT2D eigenvalue weighted by Gasteiger charge is -2.09. The predicted octanol–water partition coefficient (Wildman–Crippen LogP) is 4.46. The van der Waals surface area contributed by atoms with Gasteiger partial charge in [-0.05, 0) is 18.4 Å². The standard InChI is InChI=1S/C12H18N2.C2H6/c1-5-11(10(3)4)9-14-8-7-13-12(14)6-2;1-2/h6-10H,2,5H2,1,3-4H3;1-2H3/b11-9+;. The average molecular weight is 220 g/mol. The normalized spacial score (nSPS) is 11.0. The van der Waals surface area contributed by atoms with Crippen LogP contribution in [0.4, 0.5) is 0 Å². The summed E-state index contributed by atoms with van der Waals surface area (Å²) in [6, 6.07) is 0. The van der Waals surface area contributed by atoms with E-state index in [1.54, 1.807) is 12.3 Å². The number of aromatic nitrogens is 2. The second-order valence-electron chi connectivity index (χ2n) is 3.61. The van der Waals surface area contributed by atoms with Gasteiger partial charge in [-0.2, -0.15) is 0 Å². The van der Waals surface area contributed by atoms with Gasteiger partial charge in [0, 0.05) is 18.6 Å². The molecule has 0 aliphatic heterocycles. The fourth-order valence-electron chi connectivity index (χ4n) is 1.42. The Hall–Kier alpha value is -1.31. The van der Waals surface area contributed by atoms with Gasteiger partial charge in [0.25, 0.3) is 0 Å². The Morgan fingerprint density at radius 1 is 1.50 bits per heavy atom. The maximum Gasteiger partial charge on any atom is 0.136 e. The molecular formula is C14H24N2. The zero-order chi connectivity index (χ0) is 12.6. The van der Waals surface area contributed by atoms with Crippen LogP contribution >= 0.6 is 0 Å². The van der Waals surface area contributed by atoms with Crippen molar-refractivity contribution in [2.75, 3.05) is 0 Å². The molecule has 2 heteroatoms. The Bertz CT molecular complexity index is 332. The minimum absolute atomic E-state index is 0.583. The van der Waals surface area contributed by atoms with Crippen LogP contribution in [0, 0.1) is 5.92 Å². The molecule has 2 nitrogen and oxygen atoms in total. The van der Waals surface area contributed by atoms with E-state index in [-0.39, 0.29) is 0 Å². The van der Waals surface area contributed by atoms with Crippen molar-refractivity contribution in [3.8, 4) is 0 Å². The molecule has 0 unspecified atom stereocenters. The van der Waals surface area contributed by atoms with E-state index in [0.717, 1.165) is 12.2 Å². The van der Waals surface area contributed by atoms with E-state index in [4.69, 9.17) is 0 Å². The number of nitrogens with zero attached hydrogens (tertiary/aromatic N) is 2. The van der Waals surface area contributed by atoms with E-state index in [1.807, 2.05) is 24.6 Å². The van der Waals surface area contributed by atoms with Crippen molar-refractivity contribution in [1.82, 2.24) is 9.55 Å². The highest BCUT2D eigenvalue weighted by Crippen LogP contribution is 2.15. The van der Waals surface area contributed by atoms with Crippen LogP contribution in [0.1, 0.15) is 46.9 Å². The Kier molecular flexibility index (Phi) is 7.27. The van der Waals surface area contributed by atoms with Crippen LogP contribution in [-0.4, -0.2) is 9.55 Å². The minimum Gasteiger partial charge on any atom is -0.307 e. The topological polar surface area (TPSA) is 17.8 Å². The first-order valence-corrected chi connectivity index (χ1v) is 6.04. The lowest BCUT2D eigenvalue weighted by molar-refractivity contribution is 0.733. The summed E-state index contributed by atoms with van der Waals surface area (Å²) in [5.74, 6) is 1.48. The summed E-state index contributed by atoms with van der Waals surface area (Å²) in [5, 5.41) is 0. The molecule has 0 saturated carbocycles. The summed E-state index contributed by atoms with van der Waals surface area (Å²) in [7, 11) is 0. The molecule has 0 amide bonds. The monoisotopic (exact) mass is 220 g/mol. The largest absolute Gasteiger partial charge is 0.307 e. The summed E-state index contributed by atoms with van der Waals surface area (Å²) in [6.45, 7) is 14.3. The van der Waals surface area contributed by atoms with E-state index < -0.39 is 0 Å². The highest BCUT2D eigenvalue weighted by atomic mass is 15.0. The second-order valence-corrected chi connectivity index (χ2v) is 3.61. The fourth-order valence-corrected chi connectivity index (χ4v) is 1.42. The predicted molar refractivity (Wildman–Crippen MR) is 73.1 cm³/mol. The zero-order valence-electron chi connectivity index (χ0n) is 11.2. The maximum absolute atomic E-state index is 4.18. The van der Waals surface area contributed by atoms with Crippen LogP contribution in [0.15, 0.2) is 24.5 Å². The molecule has 0 radical (unpaired) electrons. The first kappa shape index (κ1) is 14.7. The first-order chi connectivity index (χ1) is 7.69. The molecule has 16 heavy (non-hydrogen) atoms. The molecule has 0 aliphatic carbocycles. The molecule has 0 saturated heterocycles. The Morgan fingerprint density at radius 3 is 2.56 bits per heavy atom. The molecule has 0 spiro atoms.